The number of amides is 1. The molecule has 3 heterocycles. The zero-order valence-corrected chi connectivity index (χ0v) is 16.4. The van der Waals surface area contributed by atoms with Gasteiger partial charge in [0, 0.05) is 38.8 Å². The SMILES string of the molecule is CCN(c1ccc(C(=O)NCCN2CCOCC2)nn1)C1CCS(=O)(=O)C1. The van der Waals surface area contributed by atoms with E-state index in [1.807, 2.05) is 11.8 Å². The smallest absolute Gasteiger partial charge is 0.271 e. The highest BCUT2D eigenvalue weighted by atomic mass is 32.2. The number of nitrogens with zero attached hydrogens (tertiary/aromatic N) is 4. The summed E-state index contributed by atoms with van der Waals surface area (Å²) in [7, 11) is -2.97. The van der Waals surface area contributed by atoms with Crippen molar-refractivity contribution in [1.29, 1.82) is 0 Å². The minimum Gasteiger partial charge on any atom is -0.379 e. The van der Waals surface area contributed by atoms with E-state index < -0.39 is 9.84 Å². The molecule has 0 spiro atoms. The van der Waals surface area contributed by atoms with Gasteiger partial charge in [-0.1, -0.05) is 0 Å². The fourth-order valence-electron chi connectivity index (χ4n) is 3.47. The number of hydrogen-bond acceptors (Lipinski definition) is 8. The number of carbonyl (C=O) groups excluding carboxylic acids is 1. The van der Waals surface area contributed by atoms with Crippen LogP contribution >= 0.6 is 0 Å². The van der Waals surface area contributed by atoms with Gasteiger partial charge in [0.1, 0.15) is 0 Å². The standard InChI is InChI=1S/C17H27N5O4S/c1-2-22(14-5-12-27(24,25)13-14)16-4-3-15(19-20-16)17(23)18-6-7-21-8-10-26-11-9-21/h3-4,14H,2,5-13H2,1H3,(H,18,23). The summed E-state index contributed by atoms with van der Waals surface area (Å²) in [5.74, 6) is 0.704. The van der Waals surface area contributed by atoms with Crippen LogP contribution in [0, 0.1) is 0 Å². The Kier molecular flexibility index (Phi) is 6.61. The Bertz CT molecular complexity index is 734. The number of aromatic nitrogens is 2. The van der Waals surface area contributed by atoms with Crippen molar-refractivity contribution in [1.82, 2.24) is 20.4 Å². The van der Waals surface area contributed by atoms with E-state index in [1.54, 1.807) is 12.1 Å². The van der Waals surface area contributed by atoms with Gasteiger partial charge in [-0.2, -0.15) is 0 Å². The molecule has 1 atom stereocenters. The van der Waals surface area contributed by atoms with Gasteiger partial charge in [0.25, 0.3) is 5.91 Å². The van der Waals surface area contributed by atoms with Crippen LogP contribution in [-0.4, -0.2) is 92.9 Å². The lowest BCUT2D eigenvalue weighted by Crippen LogP contribution is -2.41. The Morgan fingerprint density at radius 2 is 2.11 bits per heavy atom. The highest BCUT2D eigenvalue weighted by Crippen LogP contribution is 2.22. The molecule has 1 N–H and O–H groups in total. The number of carbonyl (C=O) groups is 1. The van der Waals surface area contributed by atoms with Crippen molar-refractivity contribution in [3.63, 3.8) is 0 Å². The molecule has 2 saturated heterocycles. The molecule has 150 valence electrons. The molecular formula is C17H27N5O4S. The Morgan fingerprint density at radius 1 is 1.33 bits per heavy atom. The van der Waals surface area contributed by atoms with Crippen LogP contribution in [0.2, 0.25) is 0 Å². The van der Waals surface area contributed by atoms with Gasteiger partial charge in [0.05, 0.1) is 24.7 Å². The number of morpholine rings is 1. The average Bonchev–Trinajstić information content (AvgIpc) is 3.03. The van der Waals surface area contributed by atoms with Crippen LogP contribution in [0.5, 0.6) is 0 Å². The second-order valence-corrected chi connectivity index (χ2v) is 9.06. The first kappa shape index (κ1) is 20.0. The minimum atomic E-state index is -2.97. The zero-order valence-electron chi connectivity index (χ0n) is 15.6. The van der Waals surface area contributed by atoms with E-state index >= 15 is 0 Å². The quantitative estimate of drug-likeness (QED) is 0.660. The molecule has 10 heteroatoms. The van der Waals surface area contributed by atoms with Crippen molar-refractivity contribution in [2.75, 3.05) is 62.3 Å². The lowest BCUT2D eigenvalue weighted by atomic mass is 10.2. The predicted octanol–water partition coefficient (Wildman–Crippen LogP) is -0.448. The summed E-state index contributed by atoms with van der Waals surface area (Å²) in [4.78, 5) is 16.4. The second kappa shape index (κ2) is 8.94. The molecule has 1 unspecified atom stereocenters. The van der Waals surface area contributed by atoms with Crippen LogP contribution in [0.25, 0.3) is 0 Å². The van der Waals surface area contributed by atoms with Crippen molar-refractivity contribution in [3.05, 3.63) is 17.8 Å². The van der Waals surface area contributed by atoms with Gasteiger partial charge in [-0.05, 0) is 25.5 Å². The summed E-state index contributed by atoms with van der Waals surface area (Å²) in [6.07, 6.45) is 0.599. The Hall–Kier alpha value is -1.78. The Balaban J connectivity index is 1.53. The first-order valence-electron chi connectivity index (χ1n) is 9.37. The summed E-state index contributed by atoms with van der Waals surface area (Å²) < 4.78 is 28.7. The molecule has 27 heavy (non-hydrogen) atoms. The predicted molar refractivity (Wildman–Crippen MR) is 102 cm³/mol. The summed E-state index contributed by atoms with van der Waals surface area (Å²) in [5, 5.41) is 11.0. The van der Waals surface area contributed by atoms with Gasteiger partial charge in [0.15, 0.2) is 21.3 Å². The van der Waals surface area contributed by atoms with Gasteiger partial charge < -0.3 is 15.0 Å². The summed E-state index contributed by atoms with van der Waals surface area (Å²) in [6, 6.07) is 3.29. The van der Waals surface area contributed by atoms with E-state index in [0.29, 0.717) is 25.3 Å². The molecule has 2 aliphatic rings. The molecule has 0 saturated carbocycles. The van der Waals surface area contributed by atoms with Crippen LogP contribution in [0.15, 0.2) is 12.1 Å². The number of sulfone groups is 1. The van der Waals surface area contributed by atoms with E-state index in [0.717, 1.165) is 32.8 Å². The van der Waals surface area contributed by atoms with Crippen molar-refractivity contribution in [2.24, 2.45) is 0 Å². The van der Waals surface area contributed by atoms with E-state index in [9.17, 15) is 13.2 Å². The molecule has 1 aromatic rings. The maximum atomic E-state index is 12.2. The summed E-state index contributed by atoms with van der Waals surface area (Å²) >= 11 is 0. The second-order valence-electron chi connectivity index (χ2n) is 6.83. The fraction of sp³-hybridized carbons (Fsp3) is 0.706. The maximum Gasteiger partial charge on any atom is 0.271 e. The molecule has 9 nitrogen and oxygen atoms in total. The highest BCUT2D eigenvalue weighted by Gasteiger charge is 2.32. The molecule has 2 aliphatic heterocycles. The maximum absolute atomic E-state index is 12.2. The molecule has 0 aliphatic carbocycles. The van der Waals surface area contributed by atoms with Crippen LogP contribution < -0.4 is 10.2 Å². The third kappa shape index (κ3) is 5.36. The molecule has 0 bridgehead atoms. The Labute approximate surface area is 160 Å². The minimum absolute atomic E-state index is 0.0810. The van der Waals surface area contributed by atoms with Crippen LogP contribution in [0.1, 0.15) is 23.8 Å². The van der Waals surface area contributed by atoms with Crippen molar-refractivity contribution >= 4 is 21.6 Å². The van der Waals surface area contributed by atoms with Crippen LogP contribution in [0.4, 0.5) is 5.82 Å². The molecule has 3 rings (SSSR count). The lowest BCUT2D eigenvalue weighted by Gasteiger charge is -2.27. The van der Waals surface area contributed by atoms with Gasteiger partial charge in [-0.15, -0.1) is 10.2 Å². The van der Waals surface area contributed by atoms with E-state index in [1.165, 1.54) is 0 Å². The molecule has 1 amide bonds. The first-order valence-corrected chi connectivity index (χ1v) is 11.2. The number of hydrogen-bond donors (Lipinski definition) is 1. The molecular weight excluding hydrogens is 370 g/mol. The van der Waals surface area contributed by atoms with Gasteiger partial charge in [-0.3, -0.25) is 9.69 Å². The molecule has 0 radical (unpaired) electrons. The van der Waals surface area contributed by atoms with Crippen LogP contribution in [0.3, 0.4) is 0 Å². The number of ether oxygens (including phenoxy) is 1. The number of nitrogens with one attached hydrogen (secondary N) is 1. The van der Waals surface area contributed by atoms with Gasteiger partial charge >= 0.3 is 0 Å². The van der Waals surface area contributed by atoms with E-state index in [-0.39, 0.29) is 29.1 Å². The van der Waals surface area contributed by atoms with E-state index in [4.69, 9.17) is 4.74 Å². The fourth-order valence-corrected chi connectivity index (χ4v) is 5.20. The van der Waals surface area contributed by atoms with Crippen LogP contribution in [-0.2, 0) is 14.6 Å². The monoisotopic (exact) mass is 397 g/mol. The Morgan fingerprint density at radius 3 is 2.70 bits per heavy atom. The third-order valence-corrected chi connectivity index (χ3v) is 6.73. The first-order chi connectivity index (χ1) is 13.0. The molecule has 2 fully saturated rings. The summed E-state index contributed by atoms with van der Waals surface area (Å²) in [6.45, 7) is 7.15. The topological polar surface area (TPSA) is 105 Å². The molecule has 1 aromatic heterocycles. The van der Waals surface area contributed by atoms with Crippen molar-refractivity contribution in [2.45, 2.75) is 19.4 Å². The van der Waals surface area contributed by atoms with Crippen molar-refractivity contribution in [3.8, 4) is 0 Å². The lowest BCUT2D eigenvalue weighted by molar-refractivity contribution is 0.0383. The number of anilines is 1. The highest BCUT2D eigenvalue weighted by molar-refractivity contribution is 7.91. The largest absolute Gasteiger partial charge is 0.379 e. The average molecular weight is 398 g/mol. The zero-order chi connectivity index (χ0) is 19.3. The molecule has 0 aromatic carbocycles. The van der Waals surface area contributed by atoms with Gasteiger partial charge in [0.2, 0.25) is 0 Å². The van der Waals surface area contributed by atoms with E-state index in [2.05, 4.69) is 20.4 Å². The number of rotatable bonds is 7. The third-order valence-electron chi connectivity index (χ3n) is 4.98. The normalized spacial score (nSPS) is 22.5. The summed E-state index contributed by atoms with van der Waals surface area (Å²) in [5.41, 5.74) is 0.260. The van der Waals surface area contributed by atoms with Gasteiger partial charge in [-0.25, -0.2) is 8.42 Å². The van der Waals surface area contributed by atoms with Crippen molar-refractivity contribution < 1.29 is 17.9 Å².